The Balaban J connectivity index is 1.34. The molecule has 1 aromatic carbocycles. The second-order valence-corrected chi connectivity index (χ2v) is 6.71. The van der Waals surface area contributed by atoms with Crippen molar-refractivity contribution >= 4 is 5.91 Å². The Labute approximate surface area is 144 Å². The number of hydrogen-bond donors (Lipinski definition) is 1. The molecule has 132 valence electrons. The van der Waals surface area contributed by atoms with Gasteiger partial charge in [-0.1, -0.05) is 30.3 Å². The fourth-order valence-electron chi connectivity index (χ4n) is 3.50. The summed E-state index contributed by atoms with van der Waals surface area (Å²) in [7, 11) is 0. The minimum Gasteiger partial charge on any atom is -0.376 e. The van der Waals surface area contributed by atoms with Crippen LogP contribution in [0.5, 0.6) is 0 Å². The quantitative estimate of drug-likeness (QED) is 0.773. The molecule has 3 atom stereocenters. The van der Waals surface area contributed by atoms with Crippen LogP contribution >= 0.6 is 0 Å². The number of nitrogens with zero attached hydrogens (tertiary/aromatic N) is 1. The number of carbonyl (C=O) groups excluding carboxylic acids is 1. The van der Waals surface area contributed by atoms with Crippen molar-refractivity contribution < 1.29 is 14.3 Å². The summed E-state index contributed by atoms with van der Waals surface area (Å²) >= 11 is 0. The zero-order valence-corrected chi connectivity index (χ0v) is 14.2. The normalized spacial score (nSPS) is 26.9. The minimum atomic E-state index is -0.296. The molecule has 1 unspecified atom stereocenters. The summed E-state index contributed by atoms with van der Waals surface area (Å²) in [4.78, 5) is 14.4. The largest absolute Gasteiger partial charge is 0.376 e. The molecule has 1 aromatic rings. The Morgan fingerprint density at radius 2 is 2.08 bits per heavy atom. The Morgan fingerprint density at radius 1 is 1.25 bits per heavy atom. The third-order valence-electron chi connectivity index (χ3n) is 4.91. The maximum Gasteiger partial charge on any atom is 0.251 e. The van der Waals surface area contributed by atoms with E-state index in [1.165, 1.54) is 5.56 Å². The number of likely N-dealkylation sites (tertiary alicyclic amines) is 1. The zero-order valence-electron chi connectivity index (χ0n) is 14.2. The van der Waals surface area contributed by atoms with Crippen LogP contribution in [0.4, 0.5) is 0 Å². The number of carbonyl (C=O) groups is 1. The van der Waals surface area contributed by atoms with E-state index in [9.17, 15) is 4.79 Å². The van der Waals surface area contributed by atoms with E-state index in [0.717, 1.165) is 45.3 Å². The maximum absolute atomic E-state index is 12.5. The summed E-state index contributed by atoms with van der Waals surface area (Å²) in [6.45, 7) is 2.71. The number of benzene rings is 1. The first-order valence-corrected chi connectivity index (χ1v) is 9.06. The Kier molecular flexibility index (Phi) is 6.24. The fraction of sp³-hybridized carbons (Fsp3) is 0.632. The molecule has 24 heavy (non-hydrogen) atoms. The van der Waals surface area contributed by atoms with Crippen LogP contribution in [0.2, 0.25) is 0 Å². The van der Waals surface area contributed by atoms with E-state index in [1.807, 2.05) is 11.0 Å². The van der Waals surface area contributed by atoms with E-state index < -0.39 is 0 Å². The van der Waals surface area contributed by atoms with Gasteiger partial charge in [-0.15, -0.1) is 0 Å². The lowest BCUT2D eigenvalue weighted by molar-refractivity contribution is -0.142. The summed E-state index contributed by atoms with van der Waals surface area (Å²) in [6, 6.07) is 10.5. The molecule has 0 bridgehead atoms. The van der Waals surface area contributed by atoms with Gasteiger partial charge in [0.15, 0.2) is 0 Å². The Hall–Kier alpha value is -1.43. The van der Waals surface area contributed by atoms with Gasteiger partial charge < -0.3 is 20.1 Å². The highest BCUT2D eigenvalue weighted by molar-refractivity contribution is 5.81. The predicted octanol–water partition coefficient (Wildman–Crippen LogP) is 1.74. The van der Waals surface area contributed by atoms with Crippen LogP contribution in [0.25, 0.3) is 0 Å². The second-order valence-electron chi connectivity index (χ2n) is 6.71. The average Bonchev–Trinajstić information content (AvgIpc) is 3.28. The molecule has 2 saturated heterocycles. The highest BCUT2D eigenvalue weighted by atomic mass is 16.5. The predicted molar refractivity (Wildman–Crippen MR) is 92.6 cm³/mol. The molecule has 5 heteroatoms. The number of hydrogen-bond acceptors (Lipinski definition) is 4. The molecule has 2 aliphatic heterocycles. The van der Waals surface area contributed by atoms with Crippen molar-refractivity contribution in [3.63, 3.8) is 0 Å². The van der Waals surface area contributed by atoms with Crippen molar-refractivity contribution in [1.29, 1.82) is 0 Å². The first-order valence-electron chi connectivity index (χ1n) is 9.06. The van der Waals surface area contributed by atoms with Gasteiger partial charge in [-0.25, -0.2) is 0 Å². The van der Waals surface area contributed by atoms with Gasteiger partial charge in [0.25, 0.3) is 5.91 Å². The van der Waals surface area contributed by atoms with Crippen LogP contribution in [0, 0.1) is 0 Å². The molecule has 5 nitrogen and oxygen atoms in total. The van der Waals surface area contributed by atoms with Gasteiger partial charge in [-0.2, -0.15) is 0 Å². The van der Waals surface area contributed by atoms with Crippen molar-refractivity contribution in [2.24, 2.45) is 5.73 Å². The van der Waals surface area contributed by atoms with Crippen LogP contribution in [-0.2, 0) is 20.7 Å². The summed E-state index contributed by atoms with van der Waals surface area (Å²) in [5, 5.41) is 0. The summed E-state index contributed by atoms with van der Waals surface area (Å²) < 4.78 is 11.7. The smallest absolute Gasteiger partial charge is 0.251 e. The van der Waals surface area contributed by atoms with Crippen LogP contribution in [-0.4, -0.2) is 55.4 Å². The van der Waals surface area contributed by atoms with Crippen LogP contribution in [0.15, 0.2) is 30.3 Å². The van der Waals surface area contributed by atoms with Crippen molar-refractivity contribution in [2.45, 2.75) is 50.4 Å². The van der Waals surface area contributed by atoms with Crippen LogP contribution in [0.1, 0.15) is 31.2 Å². The number of ether oxygens (including phenoxy) is 2. The van der Waals surface area contributed by atoms with Crippen LogP contribution < -0.4 is 5.73 Å². The summed E-state index contributed by atoms with van der Waals surface area (Å²) in [5.41, 5.74) is 6.96. The molecular formula is C19H28N2O3. The molecule has 2 heterocycles. The van der Waals surface area contributed by atoms with Gasteiger partial charge in [0.1, 0.15) is 6.10 Å². The molecular weight excluding hydrogens is 304 g/mol. The molecule has 1 amide bonds. The number of rotatable bonds is 7. The molecule has 0 spiro atoms. The van der Waals surface area contributed by atoms with Crippen molar-refractivity contribution in [3.05, 3.63) is 35.9 Å². The van der Waals surface area contributed by atoms with Crippen molar-refractivity contribution in [1.82, 2.24) is 4.90 Å². The SMILES string of the molecule is NC[C@H]1CC[C@@H](C(=O)N2CCC(OCCCc3ccccc3)C2)O1. The highest BCUT2D eigenvalue weighted by Crippen LogP contribution is 2.23. The molecule has 0 aromatic heterocycles. The van der Waals surface area contributed by atoms with E-state index in [1.54, 1.807) is 0 Å². The molecule has 3 rings (SSSR count). The van der Waals surface area contributed by atoms with Gasteiger partial charge in [0, 0.05) is 26.2 Å². The first-order chi connectivity index (χ1) is 11.8. The third-order valence-corrected chi connectivity index (χ3v) is 4.91. The lowest BCUT2D eigenvalue weighted by Crippen LogP contribution is -2.39. The molecule has 0 saturated carbocycles. The van der Waals surface area contributed by atoms with E-state index in [2.05, 4.69) is 24.3 Å². The van der Waals surface area contributed by atoms with E-state index in [4.69, 9.17) is 15.2 Å². The molecule has 2 aliphatic rings. The monoisotopic (exact) mass is 332 g/mol. The third kappa shape index (κ3) is 4.56. The number of aryl methyl sites for hydroxylation is 1. The summed E-state index contributed by atoms with van der Waals surface area (Å²) in [6.07, 6.45) is 4.56. The Morgan fingerprint density at radius 3 is 2.83 bits per heavy atom. The van der Waals surface area contributed by atoms with Gasteiger partial charge in [-0.05, 0) is 37.7 Å². The maximum atomic E-state index is 12.5. The standard InChI is InChI=1S/C19H28N2O3/c20-13-16-8-9-18(24-16)19(22)21-11-10-17(14-21)23-12-4-7-15-5-2-1-3-6-15/h1-3,5-6,16-18H,4,7-14,20H2/t16-,17?,18+/m1/s1. The zero-order chi connectivity index (χ0) is 16.8. The first kappa shape index (κ1) is 17.4. The fourth-order valence-corrected chi connectivity index (χ4v) is 3.50. The average molecular weight is 332 g/mol. The van der Waals surface area contributed by atoms with E-state index >= 15 is 0 Å². The lowest BCUT2D eigenvalue weighted by Gasteiger charge is -2.21. The van der Waals surface area contributed by atoms with E-state index in [0.29, 0.717) is 13.1 Å². The van der Waals surface area contributed by atoms with Gasteiger partial charge in [-0.3, -0.25) is 4.79 Å². The topological polar surface area (TPSA) is 64.8 Å². The molecule has 2 fully saturated rings. The second kappa shape index (κ2) is 8.60. The molecule has 2 N–H and O–H groups in total. The number of nitrogens with two attached hydrogens (primary N) is 1. The van der Waals surface area contributed by atoms with Gasteiger partial charge in [0.05, 0.1) is 12.2 Å². The van der Waals surface area contributed by atoms with Gasteiger partial charge >= 0.3 is 0 Å². The lowest BCUT2D eigenvalue weighted by atomic mass is 10.1. The highest BCUT2D eigenvalue weighted by Gasteiger charge is 2.36. The summed E-state index contributed by atoms with van der Waals surface area (Å²) in [5.74, 6) is 0.112. The Bertz CT molecular complexity index is 523. The van der Waals surface area contributed by atoms with Crippen molar-refractivity contribution in [3.8, 4) is 0 Å². The van der Waals surface area contributed by atoms with Crippen LogP contribution in [0.3, 0.4) is 0 Å². The number of amides is 1. The minimum absolute atomic E-state index is 0.0478. The van der Waals surface area contributed by atoms with Gasteiger partial charge in [0.2, 0.25) is 0 Å². The molecule has 0 aliphatic carbocycles. The molecule has 0 radical (unpaired) electrons. The van der Waals surface area contributed by atoms with E-state index in [-0.39, 0.29) is 24.2 Å². The van der Waals surface area contributed by atoms with Crippen molar-refractivity contribution in [2.75, 3.05) is 26.2 Å².